The van der Waals surface area contributed by atoms with E-state index in [4.69, 9.17) is 16.7 Å². The van der Waals surface area contributed by atoms with Crippen molar-refractivity contribution in [2.75, 3.05) is 5.32 Å². The highest BCUT2D eigenvalue weighted by atomic mass is 35.5. The Morgan fingerprint density at radius 2 is 1.65 bits per heavy atom. The first-order valence-electron chi connectivity index (χ1n) is 9.53. The third-order valence-electron chi connectivity index (χ3n) is 4.95. The lowest BCUT2D eigenvalue weighted by Gasteiger charge is -2.06. The monoisotopic (exact) mass is 453 g/mol. The average Bonchev–Trinajstić information content (AvgIpc) is 3.07. The predicted octanol–water partition coefficient (Wildman–Crippen LogP) is 4.17. The van der Waals surface area contributed by atoms with Crippen LogP contribution in [0.1, 0.15) is 11.1 Å². The number of nitrogens with zero attached hydrogens (tertiary/aromatic N) is 1. The molecule has 3 N–H and O–H groups in total. The van der Waals surface area contributed by atoms with Gasteiger partial charge in [0.1, 0.15) is 0 Å². The number of fused-ring (bicyclic) bond motifs is 1. The van der Waals surface area contributed by atoms with Gasteiger partial charge in [0.05, 0.1) is 11.3 Å². The molecule has 0 fully saturated rings. The van der Waals surface area contributed by atoms with E-state index in [1.54, 1.807) is 0 Å². The second-order valence-corrected chi connectivity index (χ2v) is 9.22. The number of hydrogen-bond acceptors (Lipinski definition) is 3. The Balaban J connectivity index is 1.54. The van der Waals surface area contributed by atoms with Gasteiger partial charge in [-0.3, -0.25) is 4.79 Å². The molecular weight excluding hydrogens is 434 g/mol. The first-order chi connectivity index (χ1) is 14.8. The van der Waals surface area contributed by atoms with E-state index in [0.717, 1.165) is 22.0 Å². The molecule has 1 heterocycles. The lowest BCUT2D eigenvalue weighted by Crippen LogP contribution is -2.15. The van der Waals surface area contributed by atoms with Gasteiger partial charge in [-0.05, 0) is 53.6 Å². The summed E-state index contributed by atoms with van der Waals surface area (Å²) in [4.78, 5) is 12.6. The van der Waals surface area contributed by atoms with E-state index >= 15 is 0 Å². The van der Waals surface area contributed by atoms with E-state index in [9.17, 15) is 13.2 Å². The number of anilines is 1. The minimum Gasteiger partial charge on any atom is -0.343 e. The number of carbonyl (C=O) groups excluding carboxylic acids is 1. The van der Waals surface area contributed by atoms with Gasteiger partial charge in [0.25, 0.3) is 0 Å². The zero-order valence-electron chi connectivity index (χ0n) is 16.5. The molecule has 0 saturated heterocycles. The summed E-state index contributed by atoms with van der Waals surface area (Å²) in [6.45, 7) is 0.661. The first-order valence-corrected chi connectivity index (χ1v) is 11.5. The molecule has 0 saturated carbocycles. The van der Waals surface area contributed by atoms with Crippen molar-refractivity contribution in [2.45, 2.75) is 17.9 Å². The van der Waals surface area contributed by atoms with E-state index in [-0.39, 0.29) is 17.2 Å². The SMILES string of the molecule is NS(=O)(=O)c1ccc(NC(=O)Cc2cn(Cc3ccc(Cl)cc3)c3ccccc23)cc1. The van der Waals surface area contributed by atoms with Crippen LogP contribution in [-0.4, -0.2) is 18.9 Å². The maximum Gasteiger partial charge on any atom is 0.238 e. The number of nitrogens with one attached hydrogen (secondary N) is 1. The predicted molar refractivity (Wildman–Crippen MR) is 123 cm³/mol. The molecule has 0 aliphatic heterocycles. The summed E-state index contributed by atoms with van der Waals surface area (Å²) in [6.07, 6.45) is 2.17. The molecule has 1 amide bonds. The summed E-state index contributed by atoms with van der Waals surface area (Å²) in [5, 5.41) is 9.61. The van der Waals surface area contributed by atoms with E-state index in [1.165, 1.54) is 24.3 Å². The Labute approximate surface area is 185 Å². The molecule has 0 bridgehead atoms. The summed E-state index contributed by atoms with van der Waals surface area (Å²) in [5.74, 6) is -0.197. The Hall–Kier alpha value is -3.13. The molecule has 6 nitrogen and oxygen atoms in total. The molecule has 3 aromatic carbocycles. The van der Waals surface area contributed by atoms with Gasteiger partial charge in [0.15, 0.2) is 0 Å². The van der Waals surface area contributed by atoms with Crippen molar-refractivity contribution in [1.29, 1.82) is 0 Å². The van der Waals surface area contributed by atoms with Crippen LogP contribution in [0.2, 0.25) is 5.02 Å². The van der Waals surface area contributed by atoms with E-state index in [2.05, 4.69) is 9.88 Å². The van der Waals surface area contributed by atoms with Crippen LogP contribution in [-0.2, 0) is 27.8 Å². The van der Waals surface area contributed by atoms with Crippen LogP contribution in [0.4, 0.5) is 5.69 Å². The largest absolute Gasteiger partial charge is 0.343 e. The molecule has 1 aromatic heterocycles. The summed E-state index contributed by atoms with van der Waals surface area (Å²) < 4.78 is 24.8. The molecule has 4 aromatic rings. The Morgan fingerprint density at radius 3 is 2.32 bits per heavy atom. The molecule has 0 aliphatic rings. The second kappa shape index (κ2) is 8.55. The molecule has 0 atom stereocenters. The molecular formula is C23H20ClN3O3S. The van der Waals surface area contributed by atoms with Crippen molar-refractivity contribution in [3.8, 4) is 0 Å². The third-order valence-corrected chi connectivity index (χ3v) is 6.14. The summed E-state index contributed by atoms with van der Waals surface area (Å²) in [5.41, 5.74) is 3.55. The topological polar surface area (TPSA) is 94.2 Å². The lowest BCUT2D eigenvalue weighted by atomic mass is 10.1. The van der Waals surface area contributed by atoms with E-state index in [1.807, 2.05) is 54.7 Å². The molecule has 0 spiro atoms. The summed E-state index contributed by atoms with van der Waals surface area (Å²) >= 11 is 5.98. The van der Waals surface area contributed by atoms with Crippen molar-refractivity contribution in [3.63, 3.8) is 0 Å². The molecule has 0 unspecified atom stereocenters. The van der Waals surface area contributed by atoms with Gasteiger partial charge >= 0.3 is 0 Å². The number of para-hydroxylation sites is 1. The number of rotatable bonds is 6. The molecule has 8 heteroatoms. The minimum atomic E-state index is -3.77. The highest BCUT2D eigenvalue weighted by Crippen LogP contribution is 2.24. The maximum atomic E-state index is 12.6. The van der Waals surface area contributed by atoms with Crippen LogP contribution in [0, 0.1) is 0 Å². The maximum absolute atomic E-state index is 12.6. The zero-order chi connectivity index (χ0) is 22.0. The highest BCUT2D eigenvalue weighted by Gasteiger charge is 2.13. The molecule has 158 valence electrons. The normalized spacial score (nSPS) is 11.5. The van der Waals surface area contributed by atoms with Crippen LogP contribution in [0.5, 0.6) is 0 Å². The zero-order valence-corrected chi connectivity index (χ0v) is 18.0. The second-order valence-electron chi connectivity index (χ2n) is 7.22. The number of carbonyl (C=O) groups is 1. The van der Waals surface area contributed by atoms with Gasteiger partial charge in [0, 0.05) is 34.4 Å². The molecule has 0 aliphatic carbocycles. The van der Waals surface area contributed by atoms with Crippen molar-refractivity contribution in [2.24, 2.45) is 5.14 Å². The molecule has 4 rings (SSSR count). The Bertz CT molecular complexity index is 1350. The number of aromatic nitrogens is 1. The number of benzene rings is 3. The van der Waals surface area contributed by atoms with Crippen molar-refractivity contribution >= 4 is 44.1 Å². The van der Waals surface area contributed by atoms with Crippen LogP contribution in [0.25, 0.3) is 10.9 Å². The van der Waals surface area contributed by atoms with E-state index < -0.39 is 10.0 Å². The minimum absolute atomic E-state index is 0.00392. The van der Waals surface area contributed by atoms with Gasteiger partial charge in [-0.15, -0.1) is 0 Å². The number of sulfonamides is 1. The fourth-order valence-electron chi connectivity index (χ4n) is 3.49. The number of primary sulfonamides is 1. The van der Waals surface area contributed by atoms with Crippen LogP contribution >= 0.6 is 11.6 Å². The number of nitrogens with two attached hydrogens (primary N) is 1. The van der Waals surface area contributed by atoms with Gasteiger partial charge in [0.2, 0.25) is 15.9 Å². The van der Waals surface area contributed by atoms with Crippen LogP contribution in [0.3, 0.4) is 0 Å². The van der Waals surface area contributed by atoms with Crippen molar-refractivity contribution in [3.05, 3.63) is 95.1 Å². The number of hydrogen-bond donors (Lipinski definition) is 2. The lowest BCUT2D eigenvalue weighted by molar-refractivity contribution is -0.115. The Kier molecular flexibility index (Phi) is 5.82. The third kappa shape index (κ3) is 4.96. The highest BCUT2D eigenvalue weighted by molar-refractivity contribution is 7.89. The summed E-state index contributed by atoms with van der Waals surface area (Å²) in [7, 11) is -3.77. The van der Waals surface area contributed by atoms with Gasteiger partial charge in [-0.1, -0.05) is 41.9 Å². The fraction of sp³-hybridized carbons (Fsp3) is 0.0870. The molecule has 31 heavy (non-hydrogen) atoms. The van der Waals surface area contributed by atoms with Crippen molar-refractivity contribution in [1.82, 2.24) is 4.57 Å². The standard InChI is InChI=1S/C23H20ClN3O3S/c24-18-7-5-16(6-8-18)14-27-15-17(21-3-1-2-4-22(21)27)13-23(28)26-19-9-11-20(12-10-19)31(25,29)30/h1-12,15H,13-14H2,(H,26,28)(H2,25,29,30). The summed E-state index contributed by atoms with van der Waals surface area (Å²) in [6, 6.07) is 21.4. The van der Waals surface area contributed by atoms with E-state index in [0.29, 0.717) is 17.3 Å². The number of amides is 1. The first kappa shape index (κ1) is 21.1. The van der Waals surface area contributed by atoms with Crippen LogP contribution < -0.4 is 10.5 Å². The van der Waals surface area contributed by atoms with Crippen molar-refractivity contribution < 1.29 is 13.2 Å². The quantitative estimate of drug-likeness (QED) is 0.458. The van der Waals surface area contributed by atoms with Gasteiger partial charge in [-0.2, -0.15) is 0 Å². The fourth-order valence-corrected chi connectivity index (χ4v) is 4.13. The smallest absolute Gasteiger partial charge is 0.238 e. The van der Waals surface area contributed by atoms with Gasteiger partial charge in [-0.25, -0.2) is 13.6 Å². The van der Waals surface area contributed by atoms with Crippen LogP contribution in [0.15, 0.2) is 83.9 Å². The number of halogens is 1. The Morgan fingerprint density at radius 1 is 0.968 bits per heavy atom. The molecule has 0 radical (unpaired) electrons. The average molecular weight is 454 g/mol. The van der Waals surface area contributed by atoms with Gasteiger partial charge < -0.3 is 9.88 Å².